The molecule has 0 bridgehead atoms. The van der Waals surface area contributed by atoms with Crippen molar-refractivity contribution in [2.24, 2.45) is 0 Å². The number of aryl methyl sites for hydroxylation is 1. The molecule has 0 saturated heterocycles. The maximum absolute atomic E-state index is 12.5. The van der Waals surface area contributed by atoms with Crippen molar-refractivity contribution < 1.29 is 4.79 Å². The Balaban J connectivity index is 1.75. The van der Waals surface area contributed by atoms with Crippen LogP contribution in [0.15, 0.2) is 53.6 Å². The normalized spacial score (nSPS) is 12.2. The van der Waals surface area contributed by atoms with Gasteiger partial charge in [0.05, 0.1) is 26.5 Å². The lowest BCUT2D eigenvalue weighted by atomic mass is 10.1. The van der Waals surface area contributed by atoms with E-state index in [4.69, 9.17) is 23.2 Å². The summed E-state index contributed by atoms with van der Waals surface area (Å²) in [6.45, 7) is 3.89. The van der Waals surface area contributed by atoms with Gasteiger partial charge in [0.15, 0.2) is 0 Å². The molecule has 1 amide bonds. The van der Waals surface area contributed by atoms with Gasteiger partial charge >= 0.3 is 0 Å². The van der Waals surface area contributed by atoms with E-state index in [0.717, 1.165) is 21.5 Å². The van der Waals surface area contributed by atoms with E-state index < -0.39 is 0 Å². The molecule has 3 rings (SSSR count). The smallest absolute Gasteiger partial charge is 0.237 e. The number of halogens is 2. The van der Waals surface area contributed by atoms with Crippen LogP contribution >= 0.6 is 35.0 Å². The Hall–Kier alpha value is -1.75. The van der Waals surface area contributed by atoms with Crippen molar-refractivity contribution in [3.05, 3.63) is 64.1 Å². The standard InChI is InChI=1S/C19H16Cl2N2OS/c1-11-9-18(22-16-6-4-3-5-14(11)16)25-12(2)19(24)23-17-8-7-13(20)10-15(17)21/h3-10,12H,1-2H3,(H,23,24). The number of nitrogens with one attached hydrogen (secondary N) is 1. The van der Waals surface area contributed by atoms with Crippen LogP contribution < -0.4 is 5.32 Å². The summed E-state index contributed by atoms with van der Waals surface area (Å²) < 4.78 is 0. The van der Waals surface area contributed by atoms with E-state index in [-0.39, 0.29) is 11.2 Å². The van der Waals surface area contributed by atoms with Gasteiger partial charge in [-0.25, -0.2) is 4.98 Å². The Morgan fingerprint density at radius 2 is 1.92 bits per heavy atom. The first-order valence-electron chi connectivity index (χ1n) is 7.73. The summed E-state index contributed by atoms with van der Waals surface area (Å²) in [7, 11) is 0. The number of carbonyl (C=O) groups excluding carboxylic acids is 1. The number of amides is 1. The fourth-order valence-electron chi connectivity index (χ4n) is 2.44. The van der Waals surface area contributed by atoms with Crippen LogP contribution in [0.25, 0.3) is 10.9 Å². The maximum Gasteiger partial charge on any atom is 0.237 e. The average Bonchev–Trinajstić information content (AvgIpc) is 2.57. The number of nitrogens with zero attached hydrogens (tertiary/aromatic N) is 1. The van der Waals surface area contributed by atoms with E-state index in [1.165, 1.54) is 11.8 Å². The molecule has 0 fully saturated rings. The molecule has 0 aliphatic carbocycles. The molecule has 0 radical (unpaired) electrons. The predicted octanol–water partition coefficient (Wildman–Crippen LogP) is 5.97. The summed E-state index contributed by atoms with van der Waals surface area (Å²) in [4.78, 5) is 17.1. The van der Waals surface area contributed by atoms with E-state index in [2.05, 4.69) is 10.3 Å². The number of thioether (sulfide) groups is 1. The Labute approximate surface area is 160 Å². The van der Waals surface area contributed by atoms with Crippen LogP contribution in [0.5, 0.6) is 0 Å². The zero-order chi connectivity index (χ0) is 18.0. The summed E-state index contributed by atoms with van der Waals surface area (Å²) in [6, 6.07) is 15.0. The number of aromatic nitrogens is 1. The van der Waals surface area contributed by atoms with E-state index in [1.807, 2.05) is 44.2 Å². The number of carbonyl (C=O) groups is 1. The largest absolute Gasteiger partial charge is 0.324 e. The molecule has 25 heavy (non-hydrogen) atoms. The van der Waals surface area contributed by atoms with E-state index >= 15 is 0 Å². The number of hydrogen-bond acceptors (Lipinski definition) is 3. The number of hydrogen-bond donors (Lipinski definition) is 1. The molecule has 1 aromatic heterocycles. The van der Waals surface area contributed by atoms with Gasteiger partial charge in [-0.3, -0.25) is 4.79 Å². The minimum Gasteiger partial charge on any atom is -0.324 e. The first-order valence-corrected chi connectivity index (χ1v) is 9.36. The highest BCUT2D eigenvalue weighted by Gasteiger charge is 2.17. The molecular formula is C19H16Cl2N2OS. The minimum atomic E-state index is -0.320. The van der Waals surface area contributed by atoms with Crippen molar-refractivity contribution in [2.45, 2.75) is 24.1 Å². The second-order valence-electron chi connectivity index (χ2n) is 5.67. The highest BCUT2D eigenvalue weighted by molar-refractivity contribution is 8.00. The van der Waals surface area contributed by atoms with Gasteiger partial charge in [-0.05, 0) is 49.7 Å². The number of para-hydroxylation sites is 1. The Kier molecular flexibility index (Phi) is 5.52. The second kappa shape index (κ2) is 7.65. The number of fused-ring (bicyclic) bond motifs is 1. The summed E-state index contributed by atoms with van der Waals surface area (Å²) in [5.74, 6) is -0.137. The Bertz CT molecular complexity index is 946. The van der Waals surface area contributed by atoms with Gasteiger partial charge in [-0.2, -0.15) is 0 Å². The molecular weight excluding hydrogens is 375 g/mol. The monoisotopic (exact) mass is 390 g/mol. The lowest BCUT2D eigenvalue weighted by Gasteiger charge is -2.13. The molecule has 0 spiro atoms. The van der Waals surface area contributed by atoms with Crippen molar-refractivity contribution in [3.63, 3.8) is 0 Å². The third kappa shape index (κ3) is 4.27. The minimum absolute atomic E-state index is 0.137. The van der Waals surface area contributed by atoms with Gasteiger partial charge < -0.3 is 5.32 Å². The molecule has 1 unspecified atom stereocenters. The van der Waals surface area contributed by atoms with Crippen molar-refractivity contribution in [1.82, 2.24) is 4.98 Å². The Morgan fingerprint density at radius 1 is 1.16 bits per heavy atom. The highest BCUT2D eigenvalue weighted by Crippen LogP contribution is 2.29. The summed E-state index contributed by atoms with van der Waals surface area (Å²) in [5.41, 5.74) is 2.62. The highest BCUT2D eigenvalue weighted by atomic mass is 35.5. The zero-order valence-electron chi connectivity index (χ0n) is 13.7. The molecule has 3 aromatic rings. The van der Waals surface area contributed by atoms with Gasteiger partial charge in [0.1, 0.15) is 0 Å². The van der Waals surface area contributed by atoms with Gasteiger partial charge in [-0.15, -0.1) is 0 Å². The van der Waals surface area contributed by atoms with Crippen molar-refractivity contribution in [3.8, 4) is 0 Å². The van der Waals surface area contributed by atoms with Crippen molar-refractivity contribution in [1.29, 1.82) is 0 Å². The van der Waals surface area contributed by atoms with E-state index in [1.54, 1.807) is 18.2 Å². The second-order valence-corrected chi connectivity index (χ2v) is 7.87. The first-order chi connectivity index (χ1) is 11.9. The third-order valence-electron chi connectivity index (χ3n) is 3.76. The van der Waals surface area contributed by atoms with Crippen LogP contribution in [0, 0.1) is 6.92 Å². The van der Waals surface area contributed by atoms with Crippen LogP contribution in [-0.2, 0) is 4.79 Å². The Morgan fingerprint density at radius 3 is 2.68 bits per heavy atom. The van der Waals surface area contributed by atoms with Crippen LogP contribution in [-0.4, -0.2) is 16.1 Å². The molecule has 0 saturated carbocycles. The van der Waals surface area contributed by atoms with Gasteiger partial charge in [0, 0.05) is 10.4 Å². The summed E-state index contributed by atoms with van der Waals surface area (Å²) in [6.07, 6.45) is 0. The molecule has 1 heterocycles. The van der Waals surface area contributed by atoms with Crippen LogP contribution in [0.2, 0.25) is 10.0 Å². The molecule has 1 atom stereocenters. The number of anilines is 1. The lowest BCUT2D eigenvalue weighted by Crippen LogP contribution is -2.22. The lowest BCUT2D eigenvalue weighted by molar-refractivity contribution is -0.115. The van der Waals surface area contributed by atoms with Crippen LogP contribution in [0.1, 0.15) is 12.5 Å². The number of benzene rings is 2. The summed E-state index contributed by atoms with van der Waals surface area (Å²) >= 11 is 13.4. The molecule has 1 N–H and O–H groups in total. The van der Waals surface area contributed by atoms with Gasteiger partial charge in [-0.1, -0.05) is 53.2 Å². The van der Waals surface area contributed by atoms with Crippen molar-refractivity contribution >= 4 is 57.5 Å². The topological polar surface area (TPSA) is 42.0 Å². The maximum atomic E-state index is 12.5. The van der Waals surface area contributed by atoms with Crippen molar-refractivity contribution in [2.75, 3.05) is 5.32 Å². The molecule has 0 aliphatic heterocycles. The number of rotatable bonds is 4. The quantitative estimate of drug-likeness (QED) is 0.557. The average molecular weight is 391 g/mol. The predicted molar refractivity (Wildman–Crippen MR) is 107 cm³/mol. The first kappa shape index (κ1) is 18.1. The van der Waals surface area contributed by atoms with Crippen LogP contribution in [0.3, 0.4) is 0 Å². The van der Waals surface area contributed by atoms with Gasteiger partial charge in [0.2, 0.25) is 5.91 Å². The molecule has 0 aliphatic rings. The van der Waals surface area contributed by atoms with Crippen LogP contribution in [0.4, 0.5) is 5.69 Å². The fraction of sp³-hybridized carbons (Fsp3) is 0.158. The van der Waals surface area contributed by atoms with E-state index in [0.29, 0.717) is 15.7 Å². The third-order valence-corrected chi connectivity index (χ3v) is 5.32. The molecule has 6 heteroatoms. The molecule has 128 valence electrons. The van der Waals surface area contributed by atoms with Gasteiger partial charge in [0.25, 0.3) is 0 Å². The molecule has 3 nitrogen and oxygen atoms in total. The van der Waals surface area contributed by atoms with E-state index in [9.17, 15) is 4.79 Å². The SMILES string of the molecule is Cc1cc(SC(C)C(=O)Nc2ccc(Cl)cc2Cl)nc2ccccc12. The molecule has 2 aromatic carbocycles. The zero-order valence-corrected chi connectivity index (χ0v) is 16.0. The number of pyridine rings is 1. The summed E-state index contributed by atoms with van der Waals surface area (Å²) in [5, 5.41) is 5.40. The fourth-order valence-corrected chi connectivity index (χ4v) is 3.82.